The predicted molar refractivity (Wildman–Crippen MR) is 98.3 cm³/mol. The molecule has 0 aliphatic heterocycles. The van der Waals surface area contributed by atoms with E-state index >= 15 is 0 Å². The number of carbonyl (C=O) groups excluding carboxylic acids is 2. The number of fused-ring (bicyclic) bond motifs is 2. The van der Waals surface area contributed by atoms with Crippen LogP contribution in [0.15, 0.2) is 18.2 Å². The summed E-state index contributed by atoms with van der Waals surface area (Å²) < 4.78 is 16.1. The monoisotopic (exact) mass is 355 g/mol. The van der Waals surface area contributed by atoms with Gasteiger partial charge in [-0.15, -0.1) is 0 Å². The quantitative estimate of drug-likeness (QED) is 0.757. The summed E-state index contributed by atoms with van der Waals surface area (Å²) in [6.07, 6.45) is 0. The zero-order valence-electron chi connectivity index (χ0n) is 15.5. The average Bonchev–Trinajstić information content (AvgIpc) is 2.66. The first-order valence-corrected chi connectivity index (χ1v) is 8.29. The summed E-state index contributed by atoms with van der Waals surface area (Å²) in [4.78, 5) is 26.4. The highest BCUT2D eigenvalue weighted by molar-refractivity contribution is 6.30. The summed E-state index contributed by atoms with van der Waals surface area (Å²) >= 11 is 0. The molecule has 1 N–H and O–H groups in total. The van der Waals surface area contributed by atoms with Crippen molar-refractivity contribution >= 4 is 17.3 Å². The topological polar surface area (TPSA) is 73.9 Å². The van der Waals surface area contributed by atoms with Crippen molar-refractivity contribution in [2.24, 2.45) is 0 Å². The molecule has 0 amide bonds. The molecule has 2 aromatic rings. The molecule has 136 valence electrons. The smallest absolute Gasteiger partial charge is 0.202 e. The van der Waals surface area contributed by atoms with E-state index in [9.17, 15) is 9.59 Å². The second-order valence-electron chi connectivity index (χ2n) is 5.95. The van der Waals surface area contributed by atoms with Crippen molar-refractivity contribution in [2.45, 2.75) is 13.8 Å². The van der Waals surface area contributed by atoms with Crippen molar-refractivity contribution in [1.29, 1.82) is 0 Å². The van der Waals surface area contributed by atoms with Crippen molar-refractivity contribution < 1.29 is 23.8 Å². The van der Waals surface area contributed by atoms with Crippen molar-refractivity contribution in [1.82, 2.24) is 0 Å². The van der Waals surface area contributed by atoms with E-state index in [4.69, 9.17) is 14.2 Å². The fourth-order valence-electron chi connectivity index (χ4n) is 3.34. The second kappa shape index (κ2) is 6.71. The Balaban J connectivity index is 2.34. The summed E-state index contributed by atoms with van der Waals surface area (Å²) in [6.45, 7) is 4.50. The highest BCUT2D eigenvalue weighted by Gasteiger charge is 2.37. The van der Waals surface area contributed by atoms with Crippen LogP contribution in [0.5, 0.6) is 17.2 Å². The molecule has 0 spiro atoms. The lowest BCUT2D eigenvalue weighted by atomic mass is 9.81. The summed E-state index contributed by atoms with van der Waals surface area (Å²) in [6, 6.07) is 4.88. The van der Waals surface area contributed by atoms with Crippen LogP contribution in [-0.4, -0.2) is 39.4 Å². The minimum Gasteiger partial charge on any atom is -0.497 e. The fourth-order valence-corrected chi connectivity index (χ4v) is 3.34. The number of hydrogen-bond donors (Lipinski definition) is 1. The van der Waals surface area contributed by atoms with Crippen LogP contribution in [0.25, 0.3) is 0 Å². The molecule has 0 bridgehead atoms. The third-order valence-electron chi connectivity index (χ3n) is 4.58. The van der Waals surface area contributed by atoms with Gasteiger partial charge in [0.25, 0.3) is 0 Å². The number of carbonyl (C=O) groups is 2. The molecule has 0 atom stereocenters. The van der Waals surface area contributed by atoms with Crippen LogP contribution < -0.4 is 19.5 Å². The van der Waals surface area contributed by atoms with Gasteiger partial charge in [-0.05, 0) is 26.0 Å². The van der Waals surface area contributed by atoms with Crippen LogP contribution in [-0.2, 0) is 0 Å². The van der Waals surface area contributed by atoms with E-state index in [-0.39, 0.29) is 28.3 Å². The third-order valence-corrected chi connectivity index (χ3v) is 4.58. The van der Waals surface area contributed by atoms with Crippen LogP contribution in [0.3, 0.4) is 0 Å². The van der Waals surface area contributed by atoms with Gasteiger partial charge in [0, 0.05) is 35.0 Å². The van der Waals surface area contributed by atoms with Gasteiger partial charge < -0.3 is 19.5 Å². The average molecular weight is 355 g/mol. The van der Waals surface area contributed by atoms with Crippen LogP contribution >= 0.6 is 0 Å². The Labute approximate surface area is 152 Å². The highest BCUT2D eigenvalue weighted by Crippen LogP contribution is 2.42. The first-order chi connectivity index (χ1) is 12.5. The summed E-state index contributed by atoms with van der Waals surface area (Å²) in [5, 5.41) is 3.21. The SMILES string of the molecule is CCNc1cc2c(c(OC)c1C)C(=O)c1c(OC)cc(OC)cc1C2=O. The van der Waals surface area contributed by atoms with E-state index in [1.54, 1.807) is 18.2 Å². The number of benzene rings is 2. The number of hydrogen-bond acceptors (Lipinski definition) is 6. The number of ether oxygens (including phenoxy) is 3. The largest absolute Gasteiger partial charge is 0.497 e. The van der Waals surface area contributed by atoms with E-state index in [2.05, 4.69) is 5.32 Å². The van der Waals surface area contributed by atoms with E-state index in [0.717, 1.165) is 11.3 Å². The molecule has 0 fully saturated rings. The number of anilines is 1. The Morgan fingerprint density at radius 3 is 2.15 bits per heavy atom. The fraction of sp³-hybridized carbons (Fsp3) is 0.300. The van der Waals surface area contributed by atoms with Crippen molar-refractivity contribution in [2.75, 3.05) is 33.2 Å². The number of rotatable bonds is 5. The predicted octanol–water partition coefficient (Wildman–Crippen LogP) is 3.23. The van der Waals surface area contributed by atoms with E-state index in [1.807, 2.05) is 13.8 Å². The molecule has 0 saturated heterocycles. The molecule has 6 heteroatoms. The van der Waals surface area contributed by atoms with Gasteiger partial charge in [0.2, 0.25) is 5.78 Å². The van der Waals surface area contributed by atoms with Gasteiger partial charge in [-0.1, -0.05) is 0 Å². The molecule has 0 heterocycles. The Hall–Kier alpha value is -3.02. The lowest BCUT2D eigenvalue weighted by Gasteiger charge is -2.24. The van der Waals surface area contributed by atoms with E-state index in [0.29, 0.717) is 29.4 Å². The van der Waals surface area contributed by atoms with E-state index in [1.165, 1.54) is 21.3 Å². The normalized spacial score (nSPS) is 12.3. The zero-order valence-corrected chi connectivity index (χ0v) is 15.5. The van der Waals surface area contributed by atoms with Crippen LogP contribution in [0, 0.1) is 6.92 Å². The van der Waals surface area contributed by atoms with Gasteiger partial charge >= 0.3 is 0 Å². The molecule has 1 aliphatic carbocycles. The summed E-state index contributed by atoms with van der Waals surface area (Å²) in [5.74, 6) is 0.608. The Morgan fingerprint density at radius 1 is 0.885 bits per heavy atom. The van der Waals surface area contributed by atoms with Crippen molar-refractivity contribution in [3.05, 3.63) is 46.0 Å². The molecular formula is C20H21NO5. The Morgan fingerprint density at radius 2 is 1.58 bits per heavy atom. The number of methoxy groups -OCH3 is 3. The molecule has 0 saturated carbocycles. The Kier molecular flexibility index (Phi) is 4.59. The molecule has 2 aromatic carbocycles. The second-order valence-corrected chi connectivity index (χ2v) is 5.95. The lowest BCUT2D eigenvalue weighted by molar-refractivity contribution is 0.0973. The maximum absolute atomic E-state index is 13.3. The van der Waals surface area contributed by atoms with Crippen LogP contribution in [0.4, 0.5) is 5.69 Å². The molecule has 0 radical (unpaired) electrons. The van der Waals surface area contributed by atoms with Crippen molar-refractivity contribution in [3.8, 4) is 17.2 Å². The minimum atomic E-state index is -0.294. The molecule has 1 aliphatic rings. The Bertz CT molecular complexity index is 917. The van der Waals surface area contributed by atoms with Crippen LogP contribution in [0.1, 0.15) is 44.3 Å². The standard InChI is InChI=1S/C20H21NO5/c1-6-21-14-9-13-17(20(26-5)10(14)2)19(23)16-12(18(13)22)7-11(24-3)8-15(16)25-4/h7-9,21H,6H2,1-5H3. The molecule has 6 nitrogen and oxygen atoms in total. The molecule has 26 heavy (non-hydrogen) atoms. The van der Waals surface area contributed by atoms with E-state index < -0.39 is 0 Å². The van der Waals surface area contributed by atoms with Gasteiger partial charge in [-0.25, -0.2) is 0 Å². The van der Waals surface area contributed by atoms with Gasteiger partial charge in [0.1, 0.15) is 17.2 Å². The highest BCUT2D eigenvalue weighted by atomic mass is 16.5. The third kappa shape index (κ3) is 2.49. The van der Waals surface area contributed by atoms with Gasteiger partial charge in [-0.2, -0.15) is 0 Å². The number of ketones is 2. The minimum absolute atomic E-state index is 0.236. The molecule has 0 aromatic heterocycles. The maximum Gasteiger partial charge on any atom is 0.202 e. The summed E-state index contributed by atoms with van der Waals surface area (Å²) in [5.41, 5.74) is 2.64. The first kappa shape index (κ1) is 17.8. The lowest BCUT2D eigenvalue weighted by Crippen LogP contribution is -2.23. The molecule has 3 rings (SSSR count). The number of nitrogens with one attached hydrogen (secondary N) is 1. The van der Waals surface area contributed by atoms with Gasteiger partial charge in [-0.3, -0.25) is 9.59 Å². The van der Waals surface area contributed by atoms with Crippen molar-refractivity contribution in [3.63, 3.8) is 0 Å². The first-order valence-electron chi connectivity index (χ1n) is 8.29. The maximum atomic E-state index is 13.3. The molecule has 0 unspecified atom stereocenters. The van der Waals surface area contributed by atoms with Gasteiger partial charge in [0.05, 0.1) is 32.5 Å². The molecular weight excluding hydrogens is 334 g/mol. The zero-order chi connectivity index (χ0) is 19.0. The van der Waals surface area contributed by atoms with Gasteiger partial charge in [0.15, 0.2) is 5.78 Å². The summed E-state index contributed by atoms with van der Waals surface area (Å²) in [7, 11) is 4.45. The van der Waals surface area contributed by atoms with Crippen LogP contribution in [0.2, 0.25) is 0 Å².